The highest BCUT2D eigenvalue weighted by Crippen LogP contribution is 2.31. The fourth-order valence-electron chi connectivity index (χ4n) is 2.26. The van der Waals surface area contributed by atoms with Crippen LogP contribution in [-0.4, -0.2) is 5.11 Å². The number of hydrogen-bond donors (Lipinski definition) is 1. The van der Waals surface area contributed by atoms with Crippen LogP contribution in [0.5, 0.6) is 5.75 Å². The van der Waals surface area contributed by atoms with Crippen molar-refractivity contribution in [1.82, 2.24) is 0 Å². The molecule has 3 heteroatoms. The van der Waals surface area contributed by atoms with Crippen molar-refractivity contribution < 1.29 is 13.9 Å². The van der Waals surface area contributed by atoms with Gasteiger partial charge in [0.25, 0.3) is 0 Å². The van der Waals surface area contributed by atoms with Gasteiger partial charge in [-0.2, -0.15) is 0 Å². The predicted octanol–water partition coefficient (Wildman–Crippen LogP) is 6.00. The number of phenols is 1. The second-order valence-corrected chi connectivity index (χ2v) is 4.06. The molecule has 21 heavy (non-hydrogen) atoms. The van der Waals surface area contributed by atoms with Crippen molar-refractivity contribution >= 4 is 10.8 Å². The average Bonchev–Trinajstić information content (AvgIpc) is 2.52. The van der Waals surface area contributed by atoms with E-state index in [2.05, 4.69) is 0 Å². The summed E-state index contributed by atoms with van der Waals surface area (Å²) in [6, 6.07) is 4.22. The fraction of sp³-hybridized carbons (Fsp3) is 0.444. The van der Waals surface area contributed by atoms with Crippen LogP contribution in [0.1, 0.15) is 52.7 Å². The third-order valence-electron chi connectivity index (χ3n) is 3.03. The van der Waals surface area contributed by atoms with Gasteiger partial charge in [0.2, 0.25) is 0 Å². The summed E-state index contributed by atoms with van der Waals surface area (Å²) in [5, 5.41) is 10.8. The van der Waals surface area contributed by atoms with E-state index in [4.69, 9.17) is 0 Å². The molecule has 0 radical (unpaired) electrons. The maximum absolute atomic E-state index is 13.7. The Kier molecular flexibility index (Phi) is 8.60. The van der Waals surface area contributed by atoms with E-state index in [1.807, 2.05) is 34.6 Å². The molecule has 0 aliphatic carbocycles. The molecule has 1 N–H and O–H groups in total. The lowest BCUT2D eigenvalue weighted by atomic mass is 9.95. The molecular formula is C18H26F2O. The Labute approximate surface area is 126 Å². The van der Waals surface area contributed by atoms with E-state index < -0.39 is 11.6 Å². The van der Waals surface area contributed by atoms with E-state index in [-0.39, 0.29) is 5.75 Å². The molecule has 0 fully saturated rings. The van der Waals surface area contributed by atoms with E-state index in [0.29, 0.717) is 23.8 Å². The lowest BCUT2D eigenvalue weighted by Gasteiger charge is -2.12. The summed E-state index contributed by atoms with van der Waals surface area (Å²) >= 11 is 0. The SMILES string of the molecule is CC.CC.CCc1cc(O)cc2cc(F)c(F)c(CC)c12. The van der Waals surface area contributed by atoms with Crippen molar-refractivity contribution in [2.24, 2.45) is 0 Å². The van der Waals surface area contributed by atoms with E-state index >= 15 is 0 Å². The zero-order chi connectivity index (χ0) is 16.6. The summed E-state index contributed by atoms with van der Waals surface area (Å²) < 4.78 is 27.1. The predicted molar refractivity (Wildman–Crippen MR) is 87.0 cm³/mol. The Balaban J connectivity index is 0.000000921. The van der Waals surface area contributed by atoms with Crippen LogP contribution >= 0.6 is 0 Å². The summed E-state index contributed by atoms with van der Waals surface area (Å²) in [7, 11) is 0. The average molecular weight is 296 g/mol. The monoisotopic (exact) mass is 296 g/mol. The van der Waals surface area contributed by atoms with Gasteiger partial charge in [-0.3, -0.25) is 0 Å². The molecule has 0 heterocycles. The summed E-state index contributed by atoms with van der Waals surface area (Å²) in [6.45, 7) is 11.7. The molecule has 2 aromatic carbocycles. The molecule has 1 nitrogen and oxygen atoms in total. The number of benzene rings is 2. The second kappa shape index (κ2) is 9.32. The minimum absolute atomic E-state index is 0.0856. The minimum Gasteiger partial charge on any atom is -0.508 e. The van der Waals surface area contributed by atoms with Gasteiger partial charge in [0.15, 0.2) is 11.6 Å². The Bertz CT molecular complexity index is 577. The van der Waals surface area contributed by atoms with Crippen LogP contribution in [-0.2, 0) is 12.8 Å². The highest BCUT2D eigenvalue weighted by Gasteiger charge is 2.15. The Morgan fingerprint density at radius 2 is 1.48 bits per heavy atom. The summed E-state index contributed by atoms with van der Waals surface area (Å²) in [5.74, 6) is -1.55. The van der Waals surface area contributed by atoms with E-state index in [9.17, 15) is 13.9 Å². The standard InChI is InChI=1S/C14H14F2O.2C2H6/c1-3-8-5-10(17)6-9-7-12(15)14(16)11(4-2)13(8)9;2*1-2/h5-7,17H,3-4H2,1-2H3;2*1-2H3. The number of hydrogen-bond acceptors (Lipinski definition) is 1. The van der Waals surface area contributed by atoms with Crippen molar-refractivity contribution in [2.45, 2.75) is 54.4 Å². The molecule has 2 rings (SSSR count). The highest BCUT2D eigenvalue weighted by molar-refractivity contribution is 5.90. The number of aromatic hydroxyl groups is 1. The van der Waals surface area contributed by atoms with Crippen molar-refractivity contribution in [3.05, 3.63) is 41.0 Å². The molecule has 0 saturated carbocycles. The number of fused-ring (bicyclic) bond motifs is 1. The first kappa shape index (κ1) is 19.4. The van der Waals surface area contributed by atoms with E-state index in [0.717, 1.165) is 17.0 Å². The van der Waals surface area contributed by atoms with E-state index in [1.165, 1.54) is 6.07 Å². The van der Waals surface area contributed by atoms with E-state index in [1.54, 1.807) is 13.0 Å². The lowest BCUT2D eigenvalue weighted by Crippen LogP contribution is -1.98. The Hall–Kier alpha value is -1.64. The summed E-state index contributed by atoms with van der Waals surface area (Å²) in [5.41, 5.74) is 1.23. The quantitative estimate of drug-likeness (QED) is 0.720. The maximum atomic E-state index is 13.7. The fourth-order valence-corrected chi connectivity index (χ4v) is 2.26. The summed E-state index contributed by atoms with van der Waals surface area (Å²) in [6.07, 6.45) is 1.10. The second-order valence-electron chi connectivity index (χ2n) is 4.06. The van der Waals surface area contributed by atoms with Gasteiger partial charge < -0.3 is 5.11 Å². The Morgan fingerprint density at radius 1 is 0.905 bits per heavy atom. The molecule has 118 valence electrons. The van der Waals surface area contributed by atoms with Crippen LogP contribution in [0.2, 0.25) is 0 Å². The van der Waals surface area contributed by atoms with Gasteiger partial charge in [-0.25, -0.2) is 8.78 Å². The zero-order valence-electron chi connectivity index (χ0n) is 13.8. The molecule has 0 aliphatic heterocycles. The normalized spacial score (nSPS) is 9.52. The minimum atomic E-state index is -0.859. The molecule has 0 aliphatic rings. The Morgan fingerprint density at radius 3 is 1.95 bits per heavy atom. The van der Waals surface area contributed by atoms with Crippen LogP contribution in [0.3, 0.4) is 0 Å². The smallest absolute Gasteiger partial charge is 0.162 e. The van der Waals surface area contributed by atoms with Crippen LogP contribution in [0, 0.1) is 11.6 Å². The maximum Gasteiger partial charge on any atom is 0.162 e. The van der Waals surface area contributed by atoms with Gasteiger partial charge in [-0.15, -0.1) is 0 Å². The molecule has 0 unspecified atom stereocenters. The van der Waals surface area contributed by atoms with Gasteiger partial charge in [0.05, 0.1) is 0 Å². The van der Waals surface area contributed by atoms with Gasteiger partial charge in [0.1, 0.15) is 5.75 Å². The molecule has 0 amide bonds. The van der Waals surface area contributed by atoms with Crippen LogP contribution in [0.15, 0.2) is 18.2 Å². The molecule has 0 saturated heterocycles. The van der Waals surface area contributed by atoms with Gasteiger partial charge in [-0.1, -0.05) is 41.5 Å². The van der Waals surface area contributed by atoms with Gasteiger partial charge >= 0.3 is 0 Å². The number of rotatable bonds is 2. The van der Waals surface area contributed by atoms with Crippen molar-refractivity contribution in [3.8, 4) is 5.75 Å². The highest BCUT2D eigenvalue weighted by atomic mass is 19.2. The van der Waals surface area contributed by atoms with Gasteiger partial charge in [0, 0.05) is 0 Å². The molecule has 0 spiro atoms. The third-order valence-corrected chi connectivity index (χ3v) is 3.03. The van der Waals surface area contributed by atoms with Gasteiger partial charge in [-0.05, 0) is 52.9 Å². The first-order chi connectivity index (χ1) is 10.1. The zero-order valence-corrected chi connectivity index (χ0v) is 13.8. The lowest BCUT2D eigenvalue weighted by molar-refractivity contribution is 0.475. The number of halogens is 2. The summed E-state index contributed by atoms with van der Waals surface area (Å²) in [4.78, 5) is 0. The van der Waals surface area contributed by atoms with Crippen LogP contribution in [0.4, 0.5) is 8.78 Å². The topological polar surface area (TPSA) is 20.2 Å². The molecular weight excluding hydrogens is 270 g/mol. The van der Waals surface area contributed by atoms with Crippen molar-refractivity contribution in [1.29, 1.82) is 0 Å². The largest absolute Gasteiger partial charge is 0.508 e. The van der Waals surface area contributed by atoms with Crippen LogP contribution in [0.25, 0.3) is 10.8 Å². The molecule has 0 atom stereocenters. The molecule has 2 aromatic rings. The van der Waals surface area contributed by atoms with Crippen molar-refractivity contribution in [3.63, 3.8) is 0 Å². The number of aryl methyl sites for hydroxylation is 2. The first-order valence-electron chi connectivity index (χ1n) is 7.70. The van der Waals surface area contributed by atoms with Crippen LogP contribution < -0.4 is 0 Å². The molecule has 0 aromatic heterocycles. The van der Waals surface area contributed by atoms with Crippen molar-refractivity contribution in [2.75, 3.05) is 0 Å². The third kappa shape index (κ3) is 4.16. The molecule has 0 bridgehead atoms. The number of phenolic OH excluding ortho intramolecular Hbond substituents is 1. The first-order valence-corrected chi connectivity index (χ1v) is 7.70.